The minimum Gasteiger partial charge on any atom is -0.392 e. The van der Waals surface area contributed by atoms with E-state index in [4.69, 9.17) is 5.11 Å². The summed E-state index contributed by atoms with van der Waals surface area (Å²) in [6, 6.07) is 0. The van der Waals surface area contributed by atoms with E-state index in [1.807, 2.05) is 6.92 Å². The van der Waals surface area contributed by atoms with E-state index in [2.05, 4.69) is 11.6 Å². The van der Waals surface area contributed by atoms with Gasteiger partial charge in [0.1, 0.15) is 0 Å². The van der Waals surface area contributed by atoms with E-state index in [9.17, 15) is 0 Å². The van der Waals surface area contributed by atoms with Gasteiger partial charge in [0.25, 0.3) is 0 Å². The number of nitrogens with zero attached hydrogens (tertiary/aromatic N) is 1. The molecule has 0 unspecified atom stereocenters. The molecule has 0 saturated heterocycles. The van der Waals surface area contributed by atoms with E-state index in [1.54, 1.807) is 18.5 Å². The van der Waals surface area contributed by atoms with Gasteiger partial charge in [-0.15, -0.1) is 0 Å². The minimum atomic E-state index is 0.0422. The predicted molar refractivity (Wildman–Crippen MR) is 45.0 cm³/mol. The Balaban J connectivity index is 3.20. The van der Waals surface area contributed by atoms with Crippen LogP contribution in [0.4, 0.5) is 0 Å². The molecule has 58 valence electrons. The van der Waals surface area contributed by atoms with Gasteiger partial charge in [-0.05, 0) is 23.6 Å². The van der Waals surface area contributed by atoms with Gasteiger partial charge in [0.05, 0.1) is 6.61 Å². The topological polar surface area (TPSA) is 33.1 Å². The van der Waals surface area contributed by atoms with Gasteiger partial charge in [-0.2, -0.15) is 0 Å². The van der Waals surface area contributed by atoms with Crippen LogP contribution in [0.3, 0.4) is 0 Å². The normalized spacial score (nSPS) is 9.64. The molecule has 2 nitrogen and oxygen atoms in total. The Labute approximate surface area is 66.2 Å². The van der Waals surface area contributed by atoms with Gasteiger partial charge in [0, 0.05) is 12.4 Å². The second kappa shape index (κ2) is 3.30. The fraction of sp³-hybridized carbons (Fsp3) is 0.222. The summed E-state index contributed by atoms with van der Waals surface area (Å²) in [4.78, 5) is 3.96. The maximum Gasteiger partial charge on any atom is 0.0699 e. The Bertz CT molecular complexity index is 268. The van der Waals surface area contributed by atoms with Gasteiger partial charge in [-0.25, -0.2) is 0 Å². The largest absolute Gasteiger partial charge is 0.392 e. The van der Waals surface area contributed by atoms with Crippen LogP contribution in [0.15, 0.2) is 19.0 Å². The molecule has 0 radical (unpaired) electrons. The highest BCUT2D eigenvalue weighted by Crippen LogP contribution is 2.12. The van der Waals surface area contributed by atoms with E-state index in [-0.39, 0.29) is 6.61 Å². The molecule has 0 aromatic carbocycles. The smallest absolute Gasteiger partial charge is 0.0699 e. The second-order valence-corrected chi connectivity index (χ2v) is 2.38. The van der Waals surface area contributed by atoms with E-state index < -0.39 is 0 Å². The molecule has 0 saturated carbocycles. The zero-order valence-electron chi connectivity index (χ0n) is 6.54. The number of aliphatic hydroxyl groups is 1. The molecule has 0 spiro atoms. The first-order valence-electron chi connectivity index (χ1n) is 3.46. The van der Waals surface area contributed by atoms with Crippen molar-refractivity contribution in [2.24, 2.45) is 0 Å². The molecular formula is C9H11NO. The number of pyridine rings is 1. The van der Waals surface area contributed by atoms with Crippen molar-refractivity contribution in [2.45, 2.75) is 13.5 Å². The molecule has 0 atom stereocenters. The summed E-state index contributed by atoms with van der Waals surface area (Å²) >= 11 is 0. The van der Waals surface area contributed by atoms with Crippen molar-refractivity contribution in [3.8, 4) is 0 Å². The maximum absolute atomic E-state index is 8.86. The van der Waals surface area contributed by atoms with Gasteiger partial charge in [0.15, 0.2) is 0 Å². The van der Waals surface area contributed by atoms with Crippen LogP contribution >= 0.6 is 0 Å². The van der Waals surface area contributed by atoms with Crippen LogP contribution < -0.4 is 0 Å². The van der Waals surface area contributed by atoms with Crippen LogP contribution in [0.25, 0.3) is 6.08 Å². The fourth-order valence-electron chi connectivity index (χ4n) is 0.952. The van der Waals surface area contributed by atoms with Crippen molar-refractivity contribution >= 4 is 6.08 Å². The molecule has 0 amide bonds. The first kappa shape index (κ1) is 7.95. The first-order chi connectivity index (χ1) is 5.29. The lowest BCUT2D eigenvalue weighted by Gasteiger charge is -2.03. The van der Waals surface area contributed by atoms with Crippen LogP contribution in [-0.4, -0.2) is 10.1 Å². The lowest BCUT2D eigenvalue weighted by molar-refractivity contribution is 0.280. The Morgan fingerprint density at radius 3 is 2.91 bits per heavy atom. The number of rotatable bonds is 2. The van der Waals surface area contributed by atoms with Gasteiger partial charge in [-0.1, -0.05) is 12.7 Å². The zero-order valence-corrected chi connectivity index (χ0v) is 6.54. The summed E-state index contributed by atoms with van der Waals surface area (Å²) in [5.74, 6) is 0. The Hall–Kier alpha value is -1.15. The van der Waals surface area contributed by atoms with Crippen molar-refractivity contribution < 1.29 is 5.11 Å². The summed E-state index contributed by atoms with van der Waals surface area (Å²) in [6.07, 6.45) is 5.14. The van der Waals surface area contributed by atoms with E-state index in [1.165, 1.54) is 0 Å². The average molecular weight is 149 g/mol. The maximum atomic E-state index is 8.86. The van der Waals surface area contributed by atoms with Gasteiger partial charge in [0.2, 0.25) is 0 Å². The highest BCUT2D eigenvalue weighted by Gasteiger charge is 1.99. The highest BCUT2D eigenvalue weighted by molar-refractivity contribution is 5.51. The van der Waals surface area contributed by atoms with E-state index in [0.29, 0.717) is 0 Å². The minimum absolute atomic E-state index is 0.0422. The molecule has 1 N–H and O–H groups in total. The van der Waals surface area contributed by atoms with Crippen LogP contribution in [0.5, 0.6) is 0 Å². The van der Waals surface area contributed by atoms with Crippen LogP contribution in [0.2, 0.25) is 0 Å². The van der Waals surface area contributed by atoms with Crippen molar-refractivity contribution in [3.63, 3.8) is 0 Å². The quantitative estimate of drug-likeness (QED) is 0.691. The average Bonchev–Trinajstić information content (AvgIpc) is 2.05. The lowest BCUT2D eigenvalue weighted by Crippen LogP contribution is -1.92. The van der Waals surface area contributed by atoms with Crippen molar-refractivity contribution in [2.75, 3.05) is 0 Å². The van der Waals surface area contributed by atoms with Crippen molar-refractivity contribution in [1.82, 2.24) is 4.98 Å². The molecule has 0 aliphatic rings. The number of aliphatic hydroxyl groups excluding tert-OH is 1. The number of aromatic nitrogens is 1. The third-order valence-corrected chi connectivity index (χ3v) is 1.75. The molecule has 0 fully saturated rings. The summed E-state index contributed by atoms with van der Waals surface area (Å²) in [7, 11) is 0. The van der Waals surface area contributed by atoms with Gasteiger partial charge >= 0.3 is 0 Å². The van der Waals surface area contributed by atoms with Crippen molar-refractivity contribution in [3.05, 3.63) is 35.7 Å². The zero-order chi connectivity index (χ0) is 8.27. The lowest BCUT2D eigenvalue weighted by atomic mass is 10.1. The molecule has 1 rings (SSSR count). The van der Waals surface area contributed by atoms with Gasteiger partial charge < -0.3 is 5.11 Å². The Kier molecular flexibility index (Phi) is 2.39. The molecule has 1 heterocycles. The first-order valence-corrected chi connectivity index (χ1v) is 3.46. The second-order valence-electron chi connectivity index (χ2n) is 2.38. The molecule has 2 heteroatoms. The third kappa shape index (κ3) is 1.46. The summed E-state index contributed by atoms with van der Waals surface area (Å²) < 4.78 is 0. The van der Waals surface area contributed by atoms with E-state index in [0.717, 1.165) is 16.7 Å². The van der Waals surface area contributed by atoms with Crippen LogP contribution in [0.1, 0.15) is 16.7 Å². The molecule has 1 aromatic heterocycles. The monoisotopic (exact) mass is 149 g/mol. The Morgan fingerprint density at radius 2 is 2.36 bits per heavy atom. The van der Waals surface area contributed by atoms with E-state index >= 15 is 0 Å². The van der Waals surface area contributed by atoms with Crippen LogP contribution in [-0.2, 0) is 6.61 Å². The SMILES string of the molecule is C=Cc1cncc(CO)c1C. The van der Waals surface area contributed by atoms with Gasteiger partial charge in [-0.3, -0.25) is 4.98 Å². The molecule has 0 aliphatic carbocycles. The standard InChI is InChI=1S/C9H11NO/c1-3-8-4-10-5-9(6-11)7(8)2/h3-5,11H,1,6H2,2H3. The summed E-state index contributed by atoms with van der Waals surface area (Å²) in [6.45, 7) is 5.64. The number of hydrogen-bond acceptors (Lipinski definition) is 2. The van der Waals surface area contributed by atoms with Crippen LogP contribution in [0, 0.1) is 6.92 Å². The summed E-state index contributed by atoms with van der Waals surface area (Å²) in [5, 5.41) is 8.86. The molecule has 0 aliphatic heterocycles. The molecule has 0 bridgehead atoms. The highest BCUT2D eigenvalue weighted by atomic mass is 16.3. The molecule has 11 heavy (non-hydrogen) atoms. The Morgan fingerprint density at radius 1 is 1.64 bits per heavy atom. The molecule has 1 aromatic rings. The molecular weight excluding hydrogens is 138 g/mol. The predicted octanol–water partition coefficient (Wildman–Crippen LogP) is 1.53. The third-order valence-electron chi connectivity index (χ3n) is 1.75. The fourth-order valence-corrected chi connectivity index (χ4v) is 0.952. The number of hydrogen-bond donors (Lipinski definition) is 1. The summed E-state index contributed by atoms with van der Waals surface area (Å²) in [5.41, 5.74) is 2.90. The van der Waals surface area contributed by atoms with Crippen molar-refractivity contribution in [1.29, 1.82) is 0 Å².